The third-order valence-electron chi connectivity index (χ3n) is 5.82. The summed E-state index contributed by atoms with van der Waals surface area (Å²) in [5, 5.41) is 3.56. The predicted molar refractivity (Wildman–Crippen MR) is 116 cm³/mol. The van der Waals surface area contributed by atoms with Crippen LogP contribution in [-0.4, -0.2) is 47.3 Å². The molecule has 2 heterocycles. The normalized spacial score (nSPS) is 23.7. The van der Waals surface area contributed by atoms with E-state index in [9.17, 15) is 4.79 Å². The second kappa shape index (κ2) is 9.06. The zero-order valence-electron chi connectivity index (χ0n) is 18.0. The Kier molecular flexibility index (Phi) is 6.43. The van der Waals surface area contributed by atoms with Crippen molar-refractivity contribution >= 4 is 27.5 Å². The monoisotopic (exact) mass is 433 g/mol. The van der Waals surface area contributed by atoms with E-state index in [1.165, 1.54) is 19.8 Å². The van der Waals surface area contributed by atoms with Gasteiger partial charge in [0.1, 0.15) is 11.6 Å². The van der Waals surface area contributed by atoms with Crippen molar-refractivity contribution < 1.29 is 19.0 Å². The van der Waals surface area contributed by atoms with Crippen molar-refractivity contribution in [3.63, 3.8) is 0 Å². The lowest BCUT2D eigenvalue weighted by atomic mass is 9.95. The van der Waals surface area contributed by atoms with Crippen LogP contribution in [0.1, 0.15) is 59.3 Å². The van der Waals surface area contributed by atoms with Crippen LogP contribution in [0.5, 0.6) is 11.1 Å². The molecule has 0 bridgehead atoms. The number of hydrogen-bond donors (Lipinski definition) is 1. The molecule has 0 unspecified atom stereocenters. The van der Waals surface area contributed by atoms with Crippen molar-refractivity contribution in [2.45, 2.75) is 77.5 Å². The summed E-state index contributed by atoms with van der Waals surface area (Å²) in [5.41, 5.74) is 1.20. The van der Waals surface area contributed by atoms with Crippen LogP contribution in [0.2, 0.25) is 0 Å². The van der Waals surface area contributed by atoms with Gasteiger partial charge in [-0.3, -0.25) is 4.79 Å². The van der Waals surface area contributed by atoms with E-state index in [0.717, 1.165) is 42.5 Å². The van der Waals surface area contributed by atoms with Gasteiger partial charge in [0.15, 0.2) is 0 Å². The van der Waals surface area contributed by atoms with Crippen molar-refractivity contribution in [1.29, 1.82) is 0 Å². The van der Waals surface area contributed by atoms with Gasteiger partial charge in [0.2, 0.25) is 11.8 Å². The molecule has 0 aliphatic heterocycles. The summed E-state index contributed by atoms with van der Waals surface area (Å²) in [7, 11) is 0. The van der Waals surface area contributed by atoms with Crippen molar-refractivity contribution in [3.8, 4) is 11.1 Å². The van der Waals surface area contributed by atoms with Gasteiger partial charge < -0.3 is 19.5 Å². The molecule has 0 saturated heterocycles. The van der Waals surface area contributed by atoms with Crippen LogP contribution in [0.25, 0.3) is 10.2 Å². The summed E-state index contributed by atoms with van der Waals surface area (Å²) in [4.78, 5) is 20.0. The molecular weight excluding hydrogens is 402 g/mol. The Morgan fingerprint density at radius 1 is 1.30 bits per heavy atom. The lowest BCUT2D eigenvalue weighted by Gasteiger charge is -2.29. The fourth-order valence-corrected chi connectivity index (χ4v) is 4.48. The van der Waals surface area contributed by atoms with E-state index in [0.29, 0.717) is 23.1 Å². The highest BCUT2D eigenvalue weighted by Gasteiger charge is 2.38. The number of amides is 1. The van der Waals surface area contributed by atoms with Gasteiger partial charge in [-0.25, -0.2) is 9.97 Å². The number of aromatic nitrogens is 2. The Bertz CT molecular complexity index is 874. The molecule has 0 radical (unpaired) electrons. The summed E-state index contributed by atoms with van der Waals surface area (Å²) in [6.07, 6.45) is 8.41. The first-order valence-electron chi connectivity index (χ1n) is 10.8. The van der Waals surface area contributed by atoms with E-state index >= 15 is 0 Å². The smallest absolute Gasteiger partial charge is 0.274 e. The number of pyridine rings is 1. The molecule has 2 aromatic rings. The first-order valence-corrected chi connectivity index (χ1v) is 11.6. The number of thiazole rings is 1. The first kappa shape index (κ1) is 21.3. The summed E-state index contributed by atoms with van der Waals surface area (Å²) in [6.45, 7) is 7.01. The van der Waals surface area contributed by atoms with Crippen LogP contribution in [0.15, 0.2) is 12.3 Å². The summed E-state index contributed by atoms with van der Waals surface area (Å²) in [6, 6.07) is 2.00. The fourth-order valence-electron chi connectivity index (χ4n) is 3.67. The lowest BCUT2D eigenvalue weighted by Crippen LogP contribution is -2.36. The zero-order chi connectivity index (χ0) is 21.1. The Labute approximate surface area is 181 Å². The van der Waals surface area contributed by atoms with Crippen molar-refractivity contribution in [2.75, 3.05) is 13.2 Å². The van der Waals surface area contributed by atoms with E-state index in [1.54, 1.807) is 17.5 Å². The average molecular weight is 434 g/mol. The van der Waals surface area contributed by atoms with Crippen LogP contribution in [0.4, 0.5) is 0 Å². The van der Waals surface area contributed by atoms with Gasteiger partial charge in [-0.15, -0.1) is 0 Å². The predicted octanol–water partition coefficient (Wildman–Crippen LogP) is 4.10. The number of carbonyl (C=O) groups is 1. The van der Waals surface area contributed by atoms with Crippen LogP contribution in [0.3, 0.4) is 0 Å². The number of nitrogens with zero attached hydrogens (tertiary/aromatic N) is 2. The third-order valence-corrected chi connectivity index (χ3v) is 6.75. The molecule has 1 atom stereocenters. The highest BCUT2D eigenvalue weighted by atomic mass is 32.1. The SMILES string of the molecule is CC(=O)N[C@@H](C)COC1CCC(Oc2cc3sc(OCC4(C)CC4)nc3cn2)CC1. The van der Waals surface area contributed by atoms with Gasteiger partial charge >= 0.3 is 0 Å². The fraction of sp³-hybridized carbons (Fsp3) is 0.682. The maximum atomic E-state index is 11.1. The number of nitrogens with one attached hydrogen (secondary N) is 1. The van der Waals surface area contributed by atoms with Crippen molar-refractivity contribution in [1.82, 2.24) is 15.3 Å². The van der Waals surface area contributed by atoms with E-state index in [-0.39, 0.29) is 24.2 Å². The lowest BCUT2D eigenvalue weighted by molar-refractivity contribution is -0.120. The summed E-state index contributed by atoms with van der Waals surface area (Å²) in [5.74, 6) is 0.625. The Balaban J connectivity index is 1.24. The highest BCUT2D eigenvalue weighted by Crippen LogP contribution is 2.45. The zero-order valence-corrected chi connectivity index (χ0v) is 18.8. The maximum Gasteiger partial charge on any atom is 0.274 e. The quantitative estimate of drug-likeness (QED) is 0.641. The van der Waals surface area contributed by atoms with E-state index in [4.69, 9.17) is 14.2 Å². The molecule has 8 heteroatoms. The van der Waals surface area contributed by atoms with E-state index in [2.05, 4.69) is 22.2 Å². The van der Waals surface area contributed by atoms with Gasteiger partial charge in [-0.2, -0.15) is 0 Å². The number of fused-ring (bicyclic) bond motifs is 1. The molecule has 2 saturated carbocycles. The van der Waals surface area contributed by atoms with E-state index < -0.39 is 0 Å². The van der Waals surface area contributed by atoms with Crippen molar-refractivity contribution in [2.24, 2.45) is 5.41 Å². The molecule has 2 aromatic heterocycles. The summed E-state index contributed by atoms with van der Waals surface area (Å²) < 4.78 is 19.0. The second-order valence-electron chi connectivity index (χ2n) is 9.02. The molecule has 1 amide bonds. The maximum absolute atomic E-state index is 11.1. The molecule has 2 fully saturated rings. The minimum atomic E-state index is -0.0236. The molecular formula is C22H31N3O4S. The highest BCUT2D eigenvalue weighted by molar-refractivity contribution is 7.20. The number of ether oxygens (including phenoxy) is 3. The molecule has 1 N–H and O–H groups in total. The third kappa shape index (κ3) is 5.82. The molecule has 2 aliphatic rings. The van der Waals surface area contributed by atoms with Crippen LogP contribution < -0.4 is 14.8 Å². The average Bonchev–Trinajstić information content (AvgIpc) is 3.30. The number of rotatable bonds is 9. The number of hydrogen-bond acceptors (Lipinski definition) is 7. The largest absolute Gasteiger partial charge is 0.474 e. The molecule has 0 aromatic carbocycles. The second-order valence-corrected chi connectivity index (χ2v) is 10.0. The Morgan fingerprint density at radius 3 is 2.73 bits per heavy atom. The molecule has 4 rings (SSSR count). The topological polar surface area (TPSA) is 82.6 Å². The number of carbonyl (C=O) groups excluding carboxylic acids is 1. The first-order chi connectivity index (χ1) is 14.4. The van der Waals surface area contributed by atoms with Gasteiger partial charge in [0.25, 0.3) is 5.19 Å². The standard InChI is InChI=1S/C22H31N3O4S/c1-14(24-15(2)26)12-27-16-4-6-17(7-5-16)29-20-10-19-18(11-23-20)25-21(30-19)28-13-22(3)8-9-22/h10-11,14,16-17H,4-9,12-13H2,1-3H3,(H,24,26)/t14-,16?,17?/m0/s1. The van der Waals surface area contributed by atoms with Crippen molar-refractivity contribution in [3.05, 3.63) is 12.3 Å². The van der Waals surface area contributed by atoms with Crippen LogP contribution in [0, 0.1) is 5.41 Å². The van der Waals surface area contributed by atoms with Crippen LogP contribution in [-0.2, 0) is 9.53 Å². The van der Waals surface area contributed by atoms with Gasteiger partial charge in [-0.1, -0.05) is 18.3 Å². The van der Waals surface area contributed by atoms with E-state index in [1.807, 2.05) is 13.0 Å². The Morgan fingerprint density at radius 2 is 2.03 bits per heavy atom. The van der Waals surface area contributed by atoms with Gasteiger partial charge in [0, 0.05) is 24.4 Å². The minimum absolute atomic E-state index is 0.0236. The Hall–Kier alpha value is -1.93. The van der Waals surface area contributed by atoms with Crippen LogP contribution >= 0.6 is 11.3 Å². The molecule has 7 nitrogen and oxygen atoms in total. The molecule has 164 valence electrons. The summed E-state index contributed by atoms with van der Waals surface area (Å²) >= 11 is 1.55. The van der Waals surface area contributed by atoms with Gasteiger partial charge in [-0.05, 0) is 45.4 Å². The molecule has 2 aliphatic carbocycles. The molecule has 30 heavy (non-hydrogen) atoms. The minimum Gasteiger partial charge on any atom is -0.474 e. The van der Waals surface area contributed by atoms with Gasteiger partial charge in [0.05, 0.1) is 30.2 Å². The molecule has 0 spiro atoms.